The SMILES string of the molecule is c1ccc(Cc2ccc3c(c2)CCN3)nc1. The maximum atomic E-state index is 4.35. The number of hydrogen-bond donors (Lipinski definition) is 1. The molecule has 0 fully saturated rings. The van der Waals surface area contributed by atoms with Crippen molar-refractivity contribution in [2.24, 2.45) is 0 Å². The highest BCUT2D eigenvalue weighted by atomic mass is 14.9. The third-order valence-corrected chi connectivity index (χ3v) is 2.99. The lowest BCUT2D eigenvalue weighted by molar-refractivity contribution is 1.06. The zero-order chi connectivity index (χ0) is 10.8. The molecule has 0 atom stereocenters. The Kier molecular flexibility index (Phi) is 2.33. The van der Waals surface area contributed by atoms with Gasteiger partial charge in [0.05, 0.1) is 0 Å². The van der Waals surface area contributed by atoms with Crippen LogP contribution in [0.3, 0.4) is 0 Å². The van der Waals surface area contributed by atoms with Crippen LogP contribution in [0, 0.1) is 0 Å². The lowest BCUT2D eigenvalue weighted by Crippen LogP contribution is -1.92. The molecule has 0 saturated heterocycles. The van der Waals surface area contributed by atoms with Gasteiger partial charge in [0.15, 0.2) is 0 Å². The Morgan fingerprint density at radius 2 is 2.19 bits per heavy atom. The molecular formula is C14H14N2. The molecule has 2 heterocycles. The van der Waals surface area contributed by atoms with Gasteiger partial charge in [-0.1, -0.05) is 18.2 Å². The third kappa shape index (κ3) is 1.78. The molecule has 0 unspecified atom stereocenters. The van der Waals surface area contributed by atoms with Crippen molar-refractivity contribution in [1.29, 1.82) is 0 Å². The average molecular weight is 210 g/mol. The Labute approximate surface area is 95.3 Å². The van der Waals surface area contributed by atoms with E-state index in [2.05, 4.69) is 34.6 Å². The standard InChI is InChI=1S/C14H14N2/c1-2-7-15-13(3-1)10-11-4-5-14-12(9-11)6-8-16-14/h1-5,7,9,16H,6,8,10H2. The number of fused-ring (bicyclic) bond motifs is 1. The van der Waals surface area contributed by atoms with Crippen LogP contribution in [0.25, 0.3) is 0 Å². The molecule has 2 heteroatoms. The number of anilines is 1. The summed E-state index contributed by atoms with van der Waals surface area (Å²) < 4.78 is 0. The minimum Gasteiger partial charge on any atom is -0.384 e. The van der Waals surface area contributed by atoms with Crippen molar-refractivity contribution in [3.8, 4) is 0 Å². The van der Waals surface area contributed by atoms with Gasteiger partial charge in [-0.2, -0.15) is 0 Å². The summed E-state index contributed by atoms with van der Waals surface area (Å²) in [5.74, 6) is 0. The van der Waals surface area contributed by atoms with Crippen molar-refractivity contribution >= 4 is 5.69 Å². The van der Waals surface area contributed by atoms with Gasteiger partial charge in [-0.05, 0) is 35.7 Å². The summed E-state index contributed by atoms with van der Waals surface area (Å²) in [5, 5.41) is 3.38. The van der Waals surface area contributed by atoms with E-state index in [9.17, 15) is 0 Å². The van der Waals surface area contributed by atoms with E-state index in [0.29, 0.717) is 0 Å². The average Bonchev–Trinajstić information content (AvgIpc) is 2.77. The summed E-state index contributed by atoms with van der Waals surface area (Å²) in [7, 11) is 0. The molecule has 1 N–H and O–H groups in total. The predicted octanol–water partition coefficient (Wildman–Crippen LogP) is 2.64. The first-order valence-corrected chi connectivity index (χ1v) is 5.67. The van der Waals surface area contributed by atoms with Gasteiger partial charge in [-0.25, -0.2) is 0 Å². The molecule has 1 aromatic carbocycles. The highest BCUT2D eigenvalue weighted by Gasteiger charge is 2.09. The highest BCUT2D eigenvalue weighted by Crippen LogP contribution is 2.23. The van der Waals surface area contributed by atoms with E-state index >= 15 is 0 Å². The number of pyridine rings is 1. The molecule has 0 spiro atoms. The van der Waals surface area contributed by atoms with E-state index in [-0.39, 0.29) is 0 Å². The second-order valence-electron chi connectivity index (χ2n) is 4.17. The van der Waals surface area contributed by atoms with Crippen LogP contribution in [0.2, 0.25) is 0 Å². The Bertz CT molecular complexity index is 491. The van der Waals surface area contributed by atoms with E-state index in [1.54, 1.807) is 0 Å². The summed E-state index contributed by atoms with van der Waals surface area (Å²) in [5.41, 5.74) is 5.22. The van der Waals surface area contributed by atoms with Gasteiger partial charge in [0.25, 0.3) is 0 Å². The topological polar surface area (TPSA) is 24.9 Å². The fourth-order valence-corrected chi connectivity index (χ4v) is 2.18. The third-order valence-electron chi connectivity index (χ3n) is 2.99. The van der Waals surface area contributed by atoms with Crippen LogP contribution in [-0.4, -0.2) is 11.5 Å². The molecule has 0 saturated carbocycles. The van der Waals surface area contributed by atoms with Gasteiger partial charge in [-0.3, -0.25) is 4.98 Å². The molecule has 1 aliphatic heterocycles. The van der Waals surface area contributed by atoms with E-state index in [1.165, 1.54) is 16.8 Å². The minimum absolute atomic E-state index is 0.925. The van der Waals surface area contributed by atoms with Crippen LogP contribution in [0.4, 0.5) is 5.69 Å². The van der Waals surface area contributed by atoms with Crippen LogP contribution < -0.4 is 5.32 Å². The van der Waals surface area contributed by atoms with E-state index < -0.39 is 0 Å². The molecule has 3 rings (SSSR count). The Morgan fingerprint density at radius 3 is 3.06 bits per heavy atom. The lowest BCUT2D eigenvalue weighted by Gasteiger charge is -2.04. The van der Waals surface area contributed by atoms with E-state index in [0.717, 1.165) is 25.1 Å². The molecule has 1 aliphatic rings. The summed E-state index contributed by atoms with van der Waals surface area (Å²) >= 11 is 0. The number of benzene rings is 1. The van der Waals surface area contributed by atoms with Crippen LogP contribution in [0.15, 0.2) is 42.6 Å². The summed E-state index contributed by atoms with van der Waals surface area (Å²) in [6, 6.07) is 12.7. The number of nitrogens with one attached hydrogen (secondary N) is 1. The fraction of sp³-hybridized carbons (Fsp3) is 0.214. The van der Waals surface area contributed by atoms with Crippen molar-refractivity contribution in [3.05, 3.63) is 59.4 Å². The number of hydrogen-bond acceptors (Lipinski definition) is 2. The minimum atomic E-state index is 0.925. The highest BCUT2D eigenvalue weighted by molar-refractivity contribution is 5.56. The monoisotopic (exact) mass is 210 g/mol. The molecule has 0 bridgehead atoms. The number of aromatic nitrogens is 1. The second kappa shape index (κ2) is 3.97. The lowest BCUT2D eigenvalue weighted by atomic mass is 10.0. The van der Waals surface area contributed by atoms with Crippen LogP contribution in [-0.2, 0) is 12.8 Å². The van der Waals surface area contributed by atoms with E-state index in [4.69, 9.17) is 0 Å². The van der Waals surface area contributed by atoms with Gasteiger partial charge in [0, 0.05) is 30.5 Å². The summed E-state index contributed by atoms with van der Waals surface area (Å²) in [6.45, 7) is 1.07. The number of nitrogens with zero attached hydrogens (tertiary/aromatic N) is 1. The second-order valence-corrected chi connectivity index (χ2v) is 4.17. The zero-order valence-electron chi connectivity index (χ0n) is 9.11. The van der Waals surface area contributed by atoms with Crippen molar-refractivity contribution in [3.63, 3.8) is 0 Å². The largest absolute Gasteiger partial charge is 0.384 e. The first-order valence-electron chi connectivity index (χ1n) is 5.67. The predicted molar refractivity (Wildman–Crippen MR) is 65.7 cm³/mol. The van der Waals surface area contributed by atoms with Gasteiger partial charge >= 0.3 is 0 Å². The normalized spacial score (nSPS) is 13.2. The maximum absolute atomic E-state index is 4.35. The molecule has 0 radical (unpaired) electrons. The Balaban J connectivity index is 1.86. The summed E-state index contributed by atoms with van der Waals surface area (Å²) in [4.78, 5) is 4.35. The quantitative estimate of drug-likeness (QED) is 0.824. The Hall–Kier alpha value is -1.83. The van der Waals surface area contributed by atoms with E-state index in [1.807, 2.05) is 18.3 Å². The van der Waals surface area contributed by atoms with Crippen LogP contribution in [0.1, 0.15) is 16.8 Å². The van der Waals surface area contributed by atoms with Crippen molar-refractivity contribution in [1.82, 2.24) is 4.98 Å². The molecular weight excluding hydrogens is 196 g/mol. The first kappa shape index (κ1) is 9.40. The van der Waals surface area contributed by atoms with Gasteiger partial charge in [0.2, 0.25) is 0 Å². The summed E-state index contributed by atoms with van der Waals surface area (Å²) in [6.07, 6.45) is 3.92. The molecule has 2 nitrogen and oxygen atoms in total. The van der Waals surface area contributed by atoms with Crippen molar-refractivity contribution < 1.29 is 0 Å². The first-order chi connectivity index (χ1) is 7.92. The molecule has 2 aromatic rings. The van der Waals surface area contributed by atoms with Crippen LogP contribution >= 0.6 is 0 Å². The molecule has 0 amide bonds. The van der Waals surface area contributed by atoms with Crippen molar-refractivity contribution in [2.75, 3.05) is 11.9 Å². The van der Waals surface area contributed by atoms with Crippen LogP contribution in [0.5, 0.6) is 0 Å². The smallest absolute Gasteiger partial charge is 0.0447 e. The van der Waals surface area contributed by atoms with Gasteiger partial charge < -0.3 is 5.32 Å². The molecule has 1 aromatic heterocycles. The molecule has 16 heavy (non-hydrogen) atoms. The van der Waals surface area contributed by atoms with Crippen molar-refractivity contribution in [2.45, 2.75) is 12.8 Å². The molecule has 0 aliphatic carbocycles. The number of rotatable bonds is 2. The fourth-order valence-electron chi connectivity index (χ4n) is 2.18. The van der Waals surface area contributed by atoms with Gasteiger partial charge in [0.1, 0.15) is 0 Å². The Morgan fingerprint density at radius 1 is 1.19 bits per heavy atom. The molecule has 80 valence electrons. The van der Waals surface area contributed by atoms with Gasteiger partial charge in [-0.15, -0.1) is 0 Å². The zero-order valence-corrected chi connectivity index (χ0v) is 9.11. The maximum Gasteiger partial charge on any atom is 0.0447 e.